The van der Waals surface area contributed by atoms with Gasteiger partial charge in [-0.15, -0.1) is 0 Å². The predicted octanol–water partition coefficient (Wildman–Crippen LogP) is 1.89. The van der Waals surface area contributed by atoms with Crippen LogP contribution in [0, 0.1) is 11.8 Å². The first-order chi connectivity index (χ1) is 5.63. The van der Waals surface area contributed by atoms with Crippen molar-refractivity contribution in [2.75, 3.05) is 14.1 Å². The lowest BCUT2D eigenvalue weighted by Gasteiger charge is -2.12. The second-order valence-electron chi connectivity index (χ2n) is 2.64. The number of hydrogen-bond acceptors (Lipinski definition) is 2. The first kappa shape index (κ1) is 10.8. The molecule has 2 nitrogen and oxygen atoms in total. The summed E-state index contributed by atoms with van der Waals surface area (Å²) in [5, 5.41) is 0. The van der Waals surface area contributed by atoms with E-state index in [1.807, 2.05) is 32.8 Å². The molecule has 66 valence electrons. The quantitative estimate of drug-likeness (QED) is 0.449. The molecule has 0 saturated heterocycles. The smallest absolute Gasteiger partial charge is 0.131 e. The van der Waals surface area contributed by atoms with E-state index in [9.17, 15) is 0 Å². The lowest BCUT2D eigenvalue weighted by atomic mass is 10.3. The van der Waals surface area contributed by atoms with Gasteiger partial charge in [0.2, 0.25) is 0 Å². The molecule has 0 fully saturated rings. The summed E-state index contributed by atoms with van der Waals surface area (Å²) >= 11 is 0. The molecule has 2 heteroatoms. The molecule has 0 rings (SSSR count). The molecule has 0 aromatic carbocycles. The summed E-state index contributed by atoms with van der Waals surface area (Å²) < 4.78 is 0. The summed E-state index contributed by atoms with van der Waals surface area (Å²) in [7, 11) is 3.93. The van der Waals surface area contributed by atoms with Gasteiger partial charge in [0, 0.05) is 26.2 Å². The van der Waals surface area contributed by atoms with Crippen molar-refractivity contribution in [3.05, 3.63) is 11.4 Å². The minimum absolute atomic E-state index is 0.766. The van der Waals surface area contributed by atoms with Crippen molar-refractivity contribution in [1.29, 1.82) is 0 Å². The minimum Gasteiger partial charge on any atom is -0.379 e. The van der Waals surface area contributed by atoms with E-state index in [1.54, 1.807) is 0 Å². The molecular formula is C10H16N2. The van der Waals surface area contributed by atoms with Gasteiger partial charge >= 0.3 is 0 Å². The van der Waals surface area contributed by atoms with Crippen molar-refractivity contribution in [3.63, 3.8) is 0 Å². The van der Waals surface area contributed by atoms with E-state index >= 15 is 0 Å². The van der Waals surface area contributed by atoms with Crippen LogP contribution in [0.4, 0.5) is 0 Å². The van der Waals surface area contributed by atoms with Crippen LogP contribution in [-0.4, -0.2) is 25.7 Å². The summed E-state index contributed by atoms with van der Waals surface area (Å²) in [6, 6.07) is 0. The number of aliphatic imine (C=N–C) groups is 1. The molecule has 0 aliphatic rings. The first-order valence-electron chi connectivity index (χ1n) is 3.97. The maximum atomic E-state index is 3.86. The van der Waals surface area contributed by atoms with Crippen LogP contribution in [0.1, 0.15) is 20.3 Å². The van der Waals surface area contributed by atoms with Crippen molar-refractivity contribution in [1.82, 2.24) is 4.90 Å². The van der Waals surface area contributed by atoms with E-state index < -0.39 is 0 Å². The van der Waals surface area contributed by atoms with Crippen molar-refractivity contribution in [2.45, 2.75) is 20.3 Å². The van der Waals surface area contributed by atoms with Gasteiger partial charge in [-0.3, -0.25) is 4.99 Å². The zero-order chi connectivity index (χ0) is 9.56. The zero-order valence-electron chi connectivity index (χ0n) is 8.31. The summed E-state index contributed by atoms with van der Waals surface area (Å²) in [5.74, 6) is 5.93. The molecule has 0 unspecified atom stereocenters. The van der Waals surface area contributed by atoms with Crippen LogP contribution < -0.4 is 0 Å². The highest BCUT2D eigenvalue weighted by molar-refractivity contribution is 5.39. The fourth-order valence-electron chi connectivity index (χ4n) is 0.628. The molecule has 0 atom stereocenters. The van der Waals surface area contributed by atoms with E-state index in [-0.39, 0.29) is 0 Å². The van der Waals surface area contributed by atoms with Gasteiger partial charge in [-0.25, -0.2) is 0 Å². The maximum absolute atomic E-state index is 3.86. The van der Waals surface area contributed by atoms with Crippen LogP contribution in [-0.2, 0) is 0 Å². The highest BCUT2D eigenvalue weighted by Crippen LogP contribution is 2.05. The SMILES string of the molecule is C=N/C(C#CCC)=C(/C)N(C)C. The van der Waals surface area contributed by atoms with Crippen LogP contribution in [0.5, 0.6) is 0 Å². The number of nitrogens with zero attached hydrogens (tertiary/aromatic N) is 2. The van der Waals surface area contributed by atoms with Crippen LogP contribution in [0.2, 0.25) is 0 Å². The maximum Gasteiger partial charge on any atom is 0.131 e. The van der Waals surface area contributed by atoms with E-state index in [4.69, 9.17) is 0 Å². The van der Waals surface area contributed by atoms with Gasteiger partial charge in [-0.05, 0) is 19.6 Å². The van der Waals surface area contributed by atoms with Gasteiger partial charge < -0.3 is 4.90 Å². The predicted molar refractivity (Wildman–Crippen MR) is 54.0 cm³/mol. The molecule has 0 amide bonds. The van der Waals surface area contributed by atoms with Crippen molar-refractivity contribution < 1.29 is 0 Å². The number of rotatable bonds is 2. The Morgan fingerprint density at radius 1 is 1.50 bits per heavy atom. The third-order valence-electron chi connectivity index (χ3n) is 1.56. The monoisotopic (exact) mass is 164 g/mol. The number of allylic oxidation sites excluding steroid dienone is 2. The Kier molecular flexibility index (Phi) is 4.87. The Hall–Kier alpha value is -1.23. The Balaban J connectivity index is 4.73. The topological polar surface area (TPSA) is 15.6 Å². The Morgan fingerprint density at radius 2 is 2.08 bits per heavy atom. The fourth-order valence-corrected chi connectivity index (χ4v) is 0.628. The minimum atomic E-state index is 0.766. The summed E-state index contributed by atoms with van der Waals surface area (Å²) in [5.41, 5.74) is 1.81. The molecule has 12 heavy (non-hydrogen) atoms. The van der Waals surface area contributed by atoms with Gasteiger partial charge in [-0.1, -0.05) is 12.8 Å². The van der Waals surface area contributed by atoms with Crippen molar-refractivity contribution in [3.8, 4) is 11.8 Å². The van der Waals surface area contributed by atoms with E-state index in [0.29, 0.717) is 0 Å². The average Bonchev–Trinajstić information content (AvgIpc) is 2.05. The Morgan fingerprint density at radius 3 is 2.42 bits per heavy atom. The molecule has 0 spiro atoms. The van der Waals surface area contributed by atoms with Crippen molar-refractivity contribution in [2.24, 2.45) is 4.99 Å². The van der Waals surface area contributed by atoms with Gasteiger partial charge in [0.25, 0.3) is 0 Å². The molecule has 0 bridgehead atoms. The molecule has 0 aliphatic heterocycles. The lowest BCUT2D eigenvalue weighted by Crippen LogP contribution is -2.09. The van der Waals surface area contributed by atoms with Crippen LogP contribution >= 0.6 is 0 Å². The van der Waals surface area contributed by atoms with Crippen LogP contribution in [0.25, 0.3) is 0 Å². The third-order valence-corrected chi connectivity index (χ3v) is 1.56. The van der Waals surface area contributed by atoms with Gasteiger partial charge in [0.15, 0.2) is 0 Å². The molecule has 0 aliphatic carbocycles. The first-order valence-corrected chi connectivity index (χ1v) is 3.97. The summed E-state index contributed by atoms with van der Waals surface area (Å²) in [4.78, 5) is 5.84. The highest BCUT2D eigenvalue weighted by Gasteiger charge is 1.97. The highest BCUT2D eigenvalue weighted by atomic mass is 15.1. The largest absolute Gasteiger partial charge is 0.379 e. The standard InChI is InChI=1S/C10H16N2/c1-6-7-8-10(11-3)9(2)12(4)5/h3,6H2,1-2,4-5H3/b10-9-. The third kappa shape index (κ3) is 3.25. The van der Waals surface area contributed by atoms with Gasteiger partial charge in [-0.2, -0.15) is 0 Å². The van der Waals surface area contributed by atoms with E-state index in [2.05, 4.69) is 23.6 Å². The summed E-state index contributed by atoms with van der Waals surface area (Å²) in [6.07, 6.45) is 0.847. The molecule has 0 heterocycles. The molecule has 0 aromatic heterocycles. The second kappa shape index (κ2) is 5.42. The van der Waals surface area contributed by atoms with Crippen molar-refractivity contribution >= 4 is 6.72 Å². The molecule has 0 N–H and O–H groups in total. The molecule has 0 saturated carbocycles. The normalized spacial score (nSPS) is 11.0. The second-order valence-corrected chi connectivity index (χ2v) is 2.64. The number of hydrogen-bond donors (Lipinski definition) is 0. The Bertz CT molecular complexity index is 238. The van der Waals surface area contributed by atoms with E-state index in [1.165, 1.54) is 0 Å². The van der Waals surface area contributed by atoms with Crippen LogP contribution in [0.3, 0.4) is 0 Å². The molecule has 0 radical (unpaired) electrons. The van der Waals surface area contributed by atoms with Gasteiger partial charge in [0.05, 0.1) is 0 Å². The Labute approximate surface area is 75.0 Å². The molecule has 0 aromatic rings. The average molecular weight is 164 g/mol. The summed E-state index contributed by atoms with van der Waals surface area (Å²) in [6.45, 7) is 7.47. The lowest BCUT2D eigenvalue weighted by molar-refractivity contribution is 0.509. The van der Waals surface area contributed by atoms with Crippen LogP contribution in [0.15, 0.2) is 16.4 Å². The van der Waals surface area contributed by atoms with Gasteiger partial charge in [0.1, 0.15) is 5.70 Å². The molecular weight excluding hydrogens is 148 g/mol. The fraction of sp³-hybridized carbons (Fsp3) is 0.500. The van der Waals surface area contributed by atoms with E-state index in [0.717, 1.165) is 17.8 Å². The zero-order valence-corrected chi connectivity index (χ0v) is 8.31.